The molecule has 2 aromatic rings. The molecule has 0 spiro atoms. The van der Waals surface area contributed by atoms with Gasteiger partial charge in [0, 0.05) is 31.0 Å². The number of nitrogens with zero attached hydrogens (tertiary/aromatic N) is 1. The minimum Gasteiger partial charge on any atom is -0.378 e. The van der Waals surface area contributed by atoms with Gasteiger partial charge in [-0.05, 0) is 37.1 Å². The fourth-order valence-electron chi connectivity index (χ4n) is 3.04. The first-order valence-corrected chi connectivity index (χ1v) is 7.65. The molecule has 3 heteroatoms. The van der Waals surface area contributed by atoms with Crippen LogP contribution in [0.3, 0.4) is 0 Å². The standard InChI is InChI=1S/C18H23N3/c19-15-18(20-16-7-3-1-4-8-16)11-13-21(14-12-18)17-9-5-2-6-10-17/h1-10,20H,11-15,19H2. The lowest BCUT2D eigenvalue weighted by molar-refractivity contribution is 0.372. The number of rotatable bonds is 4. The van der Waals surface area contributed by atoms with E-state index in [9.17, 15) is 0 Å². The number of nitrogens with one attached hydrogen (secondary N) is 1. The molecular weight excluding hydrogens is 258 g/mol. The summed E-state index contributed by atoms with van der Waals surface area (Å²) in [5.41, 5.74) is 8.58. The van der Waals surface area contributed by atoms with Crippen molar-refractivity contribution in [3.05, 3.63) is 60.7 Å². The van der Waals surface area contributed by atoms with Crippen LogP contribution in [0.25, 0.3) is 0 Å². The molecule has 1 fully saturated rings. The zero-order valence-electron chi connectivity index (χ0n) is 12.3. The molecule has 0 aromatic heterocycles. The van der Waals surface area contributed by atoms with Crippen molar-refractivity contribution < 1.29 is 0 Å². The third-order valence-electron chi connectivity index (χ3n) is 4.42. The van der Waals surface area contributed by atoms with Crippen molar-refractivity contribution in [3.63, 3.8) is 0 Å². The summed E-state index contributed by atoms with van der Waals surface area (Å²) in [6.07, 6.45) is 2.13. The van der Waals surface area contributed by atoms with Crippen LogP contribution in [-0.4, -0.2) is 25.2 Å². The number of anilines is 2. The maximum absolute atomic E-state index is 6.09. The molecule has 1 heterocycles. The zero-order chi connectivity index (χ0) is 14.5. The highest BCUT2D eigenvalue weighted by Crippen LogP contribution is 2.28. The van der Waals surface area contributed by atoms with E-state index < -0.39 is 0 Å². The van der Waals surface area contributed by atoms with Crippen molar-refractivity contribution >= 4 is 11.4 Å². The first-order valence-electron chi connectivity index (χ1n) is 7.65. The van der Waals surface area contributed by atoms with Crippen molar-refractivity contribution in [1.82, 2.24) is 0 Å². The molecule has 1 aliphatic rings. The van der Waals surface area contributed by atoms with Gasteiger partial charge in [-0.25, -0.2) is 0 Å². The number of benzene rings is 2. The minimum atomic E-state index is 0.0205. The van der Waals surface area contributed by atoms with Crippen LogP contribution in [0.2, 0.25) is 0 Å². The molecule has 1 aliphatic heterocycles. The highest BCUT2D eigenvalue weighted by molar-refractivity contribution is 5.49. The largest absolute Gasteiger partial charge is 0.378 e. The third kappa shape index (κ3) is 3.19. The molecule has 3 rings (SSSR count). The summed E-state index contributed by atoms with van der Waals surface area (Å²) in [7, 11) is 0. The Labute approximate surface area is 126 Å². The monoisotopic (exact) mass is 281 g/mol. The summed E-state index contributed by atoms with van der Waals surface area (Å²) in [5, 5.41) is 3.66. The van der Waals surface area contributed by atoms with E-state index >= 15 is 0 Å². The minimum absolute atomic E-state index is 0.0205. The molecule has 2 aromatic carbocycles. The van der Waals surface area contributed by atoms with Gasteiger partial charge in [0.15, 0.2) is 0 Å². The van der Waals surface area contributed by atoms with E-state index in [0.717, 1.165) is 31.6 Å². The fraction of sp³-hybridized carbons (Fsp3) is 0.333. The summed E-state index contributed by atoms with van der Waals surface area (Å²) in [4.78, 5) is 2.45. The second kappa shape index (κ2) is 6.19. The molecule has 0 unspecified atom stereocenters. The molecule has 1 saturated heterocycles. The normalized spacial score (nSPS) is 17.5. The van der Waals surface area contributed by atoms with Gasteiger partial charge in [0.05, 0.1) is 5.54 Å². The van der Waals surface area contributed by atoms with Gasteiger partial charge in [-0.2, -0.15) is 0 Å². The lowest BCUT2D eigenvalue weighted by Gasteiger charge is -2.43. The highest BCUT2D eigenvalue weighted by atomic mass is 15.2. The van der Waals surface area contributed by atoms with E-state index in [1.807, 2.05) is 6.07 Å². The SMILES string of the molecule is NCC1(Nc2ccccc2)CCN(c2ccccc2)CC1. The molecule has 0 amide bonds. The van der Waals surface area contributed by atoms with Gasteiger partial charge in [-0.15, -0.1) is 0 Å². The predicted octanol–water partition coefficient (Wildman–Crippen LogP) is 3.10. The van der Waals surface area contributed by atoms with Crippen molar-refractivity contribution in [3.8, 4) is 0 Å². The van der Waals surface area contributed by atoms with Crippen LogP contribution in [-0.2, 0) is 0 Å². The van der Waals surface area contributed by atoms with Crippen LogP contribution in [0.15, 0.2) is 60.7 Å². The highest BCUT2D eigenvalue weighted by Gasteiger charge is 2.33. The van der Waals surface area contributed by atoms with Crippen molar-refractivity contribution in [1.29, 1.82) is 0 Å². The summed E-state index contributed by atoms with van der Waals surface area (Å²) in [5.74, 6) is 0. The Morgan fingerprint density at radius 1 is 0.905 bits per heavy atom. The van der Waals surface area contributed by atoms with Gasteiger partial charge in [-0.3, -0.25) is 0 Å². The molecule has 21 heavy (non-hydrogen) atoms. The van der Waals surface area contributed by atoms with Crippen molar-refractivity contribution in [2.24, 2.45) is 5.73 Å². The van der Waals surface area contributed by atoms with Crippen LogP contribution < -0.4 is 16.0 Å². The zero-order valence-corrected chi connectivity index (χ0v) is 12.3. The molecule has 3 N–H and O–H groups in total. The predicted molar refractivity (Wildman–Crippen MR) is 89.7 cm³/mol. The van der Waals surface area contributed by atoms with E-state index in [2.05, 4.69) is 64.8 Å². The first kappa shape index (κ1) is 14.0. The summed E-state index contributed by atoms with van der Waals surface area (Å²) in [6, 6.07) is 21.0. The second-order valence-corrected chi connectivity index (χ2v) is 5.80. The quantitative estimate of drug-likeness (QED) is 0.905. The van der Waals surface area contributed by atoms with Crippen LogP contribution >= 0.6 is 0 Å². The average Bonchev–Trinajstić information content (AvgIpc) is 2.57. The van der Waals surface area contributed by atoms with E-state index in [0.29, 0.717) is 6.54 Å². The Balaban J connectivity index is 1.67. The first-order chi connectivity index (χ1) is 10.3. The van der Waals surface area contributed by atoms with Gasteiger partial charge in [0.2, 0.25) is 0 Å². The van der Waals surface area contributed by atoms with Crippen LogP contribution in [0.4, 0.5) is 11.4 Å². The lowest BCUT2D eigenvalue weighted by Crippen LogP contribution is -2.53. The molecule has 0 bridgehead atoms. The number of piperidine rings is 1. The van der Waals surface area contributed by atoms with E-state index in [1.165, 1.54) is 5.69 Å². The summed E-state index contributed by atoms with van der Waals surface area (Å²) in [6.45, 7) is 2.76. The van der Waals surface area contributed by atoms with Gasteiger partial charge >= 0.3 is 0 Å². The molecule has 0 atom stereocenters. The Morgan fingerprint density at radius 3 is 2.05 bits per heavy atom. The second-order valence-electron chi connectivity index (χ2n) is 5.80. The van der Waals surface area contributed by atoms with Crippen LogP contribution in [0, 0.1) is 0 Å². The van der Waals surface area contributed by atoms with E-state index in [-0.39, 0.29) is 5.54 Å². The summed E-state index contributed by atoms with van der Waals surface area (Å²) >= 11 is 0. The lowest BCUT2D eigenvalue weighted by atomic mass is 9.87. The molecule has 0 saturated carbocycles. The van der Waals surface area contributed by atoms with E-state index in [1.54, 1.807) is 0 Å². The number of para-hydroxylation sites is 2. The van der Waals surface area contributed by atoms with Crippen LogP contribution in [0.5, 0.6) is 0 Å². The number of hydrogen-bond donors (Lipinski definition) is 2. The molecule has 3 nitrogen and oxygen atoms in total. The van der Waals surface area contributed by atoms with Crippen molar-refractivity contribution in [2.45, 2.75) is 18.4 Å². The summed E-state index contributed by atoms with van der Waals surface area (Å²) < 4.78 is 0. The fourth-order valence-corrected chi connectivity index (χ4v) is 3.04. The Hall–Kier alpha value is -2.00. The molecule has 110 valence electrons. The molecule has 0 radical (unpaired) electrons. The Kier molecular flexibility index (Phi) is 4.11. The van der Waals surface area contributed by atoms with E-state index in [4.69, 9.17) is 5.73 Å². The molecular formula is C18H23N3. The van der Waals surface area contributed by atoms with Crippen molar-refractivity contribution in [2.75, 3.05) is 29.9 Å². The maximum atomic E-state index is 6.09. The van der Waals surface area contributed by atoms with Gasteiger partial charge < -0.3 is 16.0 Å². The number of hydrogen-bond acceptors (Lipinski definition) is 3. The smallest absolute Gasteiger partial charge is 0.0529 e. The maximum Gasteiger partial charge on any atom is 0.0529 e. The van der Waals surface area contributed by atoms with Gasteiger partial charge in [-0.1, -0.05) is 36.4 Å². The Morgan fingerprint density at radius 2 is 1.48 bits per heavy atom. The topological polar surface area (TPSA) is 41.3 Å². The van der Waals surface area contributed by atoms with Crippen LogP contribution in [0.1, 0.15) is 12.8 Å². The number of nitrogens with two attached hydrogens (primary N) is 1. The van der Waals surface area contributed by atoms with Gasteiger partial charge in [0.25, 0.3) is 0 Å². The Bertz CT molecular complexity index is 545. The molecule has 0 aliphatic carbocycles. The average molecular weight is 281 g/mol. The third-order valence-corrected chi connectivity index (χ3v) is 4.42. The van der Waals surface area contributed by atoms with Gasteiger partial charge in [0.1, 0.15) is 0 Å².